The molecule has 1 fully saturated rings. The minimum Gasteiger partial charge on any atom is -0.469 e. The summed E-state index contributed by atoms with van der Waals surface area (Å²) >= 11 is 5.07. The molecule has 25 heavy (non-hydrogen) atoms. The lowest BCUT2D eigenvalue weighted by atomic mass is 9.80. The van der Waals surface area contributed by atoms with Crippen LogP contribution in [0.4, 0.5) is 0 Å². The minimum absolute atomic E-state index is 0.00734. The fraction of sp³-hybridized carbons (Fsp3) is 0.389. The highest BCUT2D eigenvalue weighted by Crippen LogP contribution is 2.40. The molecule has 4 atom stereocenters. The Bertz CT molecular complexity index is 709. The van der Waals surface area contributed by atoms with Crippen molar-refractivity contribution >= 4 is 33.2 Å². The molecule has 0 aliphatic carbocycles. The first-order valence-electron chi connectivity index (χ1n) is 8.13. The summed E-state index contributed by atoms with van der Waals surface area (Å²) in [4.78, 5) is 13.0. The summed E-state index contributed by atoms with van der Waals surface area (Å²) < 4.78 is 5.89. The Kier molecular flexibility index (Phi) is 6.24. The van der Waals surface area contributed by atoms with E-state index in [0.717, 1.165) is 15.1 Å². The first-order valence-corrected chi connectivity index (χ1v) is 9.74. The van der Waals surface area contributed by atoms with Gasteiger partial charge in [0.15, 0.2) is 0 Å². The van der Waals surface area contributed by atoms with Crippen molar-refractivity contribution in [3.8, 4) is 0 Å². The fourth-order valence-electron chi connectivity index (χ4n) is 3.38. The van der Waals surface area contributed by atoms with E-state index in [-0.39, 0.29) is 30.3 Å². The van der Waals surface area contributed by atoms with Crippen LogP contribution in [0.2, 0.25) is 0 Å². The normalized spacial score (nSPS) is 24.2. The van der Waals surface area contributed by atoms with E-state index in [1.807, 2.05) is 30.3 Å². The maximum atomic E-state index is 12.0. The monoisotopic (exact) mass is 424 g/mol. The molecular formula is C18H21BrN2O3S. The summed E-state index contributed by atoms with van der Waals surface area (Å²) in [5.41, 5.74) is 7.31. The van der Waals surface area contributed by atoms with E-state index in [4.69, 9.17) is 4.74 Å². The summed E-state index contributed by atoms with van der Waals surface area (Å²) in [7, 11) is 1.40. The molecule has 1 aromatic carbocycles. The van der Waals surface area contributed by atoms with Crippen LogP contribution in [0.5, 0.6) is 0 Å². The molecule has 0 radical (unpaired) electrons. The predicted molar refractivity (Wildman–Crippen MR) is 101 cm³/mol. The lowest BCUT2D eigenvalue weighted by Gasteiger charge is -2.28. The number of aliphatic hydroxyl groups excluding tert-OH is 1. The Balaban J connectivity index is 1.86. The topological polar surface area (TPSA) is 70.6 Å². The zero-order valence-corrected chi connectivity index (χ0v) is 16.2. The van der Waals surface area contributed by atoms with Gasteiger partial charge in [0.25, 0.3) is 0 Å². The number of hydrogen-bond donors (Lipinski definition) is 3. The van der Waals surface area contributed by atoms with Crippen LogP contribution in [0.1, 0.15) is 22.8 Å². The van der Waals surface area contributed by atoms with Gasteiger partial charge in [0.05, 0.1) is 17.3 Å². The van der Waals surface area contributed by atoms with E-state index in [0.29, 0.717) is 0 Å². The largest absolute Gasteiger partial charge is 0.469 e. The van der Waals surface area contributed by atoms with Crippen molar-refractivity contribution in [3.05, 3.63) is 56.7 Å². The molecule has 1 saturated heterocycles. The third kappa shape index (κ3) is 4.48. The third-order valence-electron chi connectivity index (χ3n) is 4.58. The number of rotatable bonds is 6. The van der Waals surface area contributed by atoms with Gasteiger partial charge in [0.1, 0.15) is 6.23 Å². The van der Waals surface area contributed by atoms with Crippen LogP contribution in [0.3, 0.4) is 0 Å². The van der Waals surface area contributed by atoms with E-state index in [9.17, 15) is 9.90 Å². The van der Waals surface area contributed by atoms with Gasteiger partial charge < -0.3 is 9.84 Å². The quantitative estimate of drug-likeness (QED) is 0.621. The molecule has 4 unspecified atom stereocenters. The van der Waals surface area contributed by atoms with Gasteiger partial charge in [-0.25, -0.2) is 5.43 Å². The second kappa shape index (κ2) is 8.42. The summed E-state index contributed by atoms with van der Waals surface area (Å²) in [5, 5.41) is 10.5. The van der Waals surface area contributed by atoms with Gasteiger partial charge in [-0.3, -0.25) is 10.2 Å². The van der Waals surface area contributed by atoms with Gasteiger partial charge in [-0.05, 0) is 40.0 Å². The molecule has 1 aliphatic heterocycles. The average Bonchev–Trinajstić information content (AvgIpc) is 3.20. The van der Waals surface area contributed by atoms with Gasteiger partial charge in [0, 0.05) is 22.8 Å². The first kappa shape index (κ1) is 18.5. The highest BCUT2D eigenvalue weighted by atomic mass is 79.9. The number of methoxy groups -OCH3 is 1. The molecule has 5 nitrogen and oxygen atoms in total. The van der Waals surface area contributed by atoms with Crippen LogP contribution < -0.4 is 10.9 Å². The summed E-state index contributed by atoms with van der Waals surface area (Å²) in [6.07, 6.45) is 0.267. The molecule has 2 aromatic rings. The van der Waals surface area contributed by atoms with E-state index < -0.39 is 6.23 Å². The molecule has 1 aromatic heterocycles. The molecular weight excluding hydrogens is 404 g/mol. The van der Waals surface area contributed by atoms with Gasteiger partial charge in [-0.15, -0.1) is 11.3 Å². The van der Waals surface area contributed by atoms with Crippen LogP contribution in [0.15, 0.2) is 46.3 Å². The molecule has 3 rings (SSSR count). The SMILES string of the molecule is COC(=O)CC(c1ccc(Br)s1)C1C(O)NNC1Cc1ccccc1. The number of carbonyl (C=O) groups excluding carboxylic acids is 1. The molecule has 7 heteroatoms. The van der Waals surface area contributed by atoms with Crippen LogP contribution in [0, 0.1) is 5.92 Å². The van der Waals surface area contributed by atoms with E-state index in [2.05, 4.69) is 38.9 Å². The van der Waals surface area contributed by atoms with E-state index in [1.165, 1.54) is 12.7 Å². The van der Waals surface area contributed by atoms with Gasteiger partial charge >= 0.3 is 5.97 Å². The second-order valence-corrected chi connectivity index (χ2v) is 8.63. The molecule has 0 amide bonds. The Morgan fingerprint density at radius 2 is 2.04 bits per heavy atom. The summed E-state index contributed by atoms with van der Waals surface area (Å²) in [6.45, 7) is 0. The lowest BCUT2D eigenvalue weighted by Crippen LogP contribution is -2.35. The Labute approximate surface area is 159 Å². The number of halogens is 1. The van der Waals surface area contributed by atoms with E-state index in [1.54, 1.807) is 11.3 Å². The van der Waals surface area contributed by atoms with Crippen molar-refractivity contribution in [1.82, 2.24) is 10.9 Å². The Morgan fingerprint density at radius 3 is 2.68 bits per heavy atom. The zero-order valence-electron chi connectivity index (χ0n) is 13.8. The van der Waals surface area contributed by atoms with Gasteiger partial charge in [-0.2, -0.15) is 0 Å². The highest BCUT2D eigenvalue weighted by molar-refractivity contribution is 9.11. The average molecular weight is 425 g/mol. The number of ether oxygens (including phenoxy) is 1. The maximum absolute atomic E-state index is 12.0. The molecule has 3 N–H and O–H groups in total. The number of nitrogens with one attached hydrogen (secondary N) is 2. The standard InChI is InChI=1S/C18H21BrN2O3S/c1-24-16(22)10-12(14-7-8-15(19)25-14)17-13(20-21-18(17)23)9-11-5-3-2-4-6-11/h2-8,12-13,17-18,20-21,23H,9-10H2,1H3. The second-order valence-electron chi connectivity index (χ2n) is 6.14. The van der Waals surface area contributed by atoms with Gasteiger partial charge in [0.2, 0.25) is 0 Å². The van der Waals surface area contributed by atoms with Gasteiger partial charge in [-0.1, -0.05) is 30.3 Å². The highest BCUT2D eigenvalue weighted by Gasteiger charge is 2.42. The molecule has 1 aliphatic rings. The number of hydrazine groups is 1. The van der Waals surface area contributed by atoms with Crippen molar-refractivity contribution in [1.29, 1.82) is 0 Å². The molecule has 134 valence electrons. The van der Waals surface area contributed by atoms with Crippen molar-refractivity contribution < 1.29 is 14.6 Å². The van der Waals surface area contributed by atoms with Crippen LogP contribution in [-0.4, -0.2) is 30.5 Å². The van der Waals surface area contributed by atoms with Crippen molar-refractivity contribution in [2.24, 2.45) is 5.92 Å². The molecule has 0 spiro atoms. The number of thiophene rings is 1. The number of benzene rings is 1. The van der Waals surface area contributed by atoms with E-state index >= 15 is 0 Å². The fourth-order valence-corrected chi connectivity index (χ4v) is 4.96. The first-order chi connectivity index (χ1) is 12.1. The lowest BCUT2D eigenvalue weighted by molar-refractivity contribution is -0.141. The Morgan fingerprint density at radius 1 is 1.28 bits per heavy atom. The maximum Gasteiger partial charge on any atom is 0.306 e. The molecule has 0 bridgehead atoms. The molecule has 2 heterocycles. The van der Waals surface area contributed by atoms with Crippen molar-refractivity contribution in [3.63, 3.8) is 0 Å². The van der Waals surface area contributed by atoms with Crippen LogP contribution in [-0.2, 0) is 16.0 Å². The number of hydrogen-bond acceptors (Lipinski definition) is 6. The predicted octanol–water partition coefficient (Wildman–Crippen LogP) is 2.81. The number of esters is 1. The van der Waals surface area contributed by atoms with Crippen LogP contribution >= 0.6 is 27.3 Å². The van der Waals surface area contributed by atoms with Crippen molar-refractivity contribution in [2.45, 2.75) is 31.0 Å². The number of aliphatic hydroxyl groups is 1. The van der Waals surface area contributed by atoms with Crippen molar-refractivity contribution in [2.75, 3.05) is 7.11 Å². The minimum atomic E-state index is -0.732. The Hall–Kier alpha value is -1.25. The number of carbonyl (C=O) groups is 1. The summed E-state index contributed by atoms with van der Waals surface area (Å²) in [6, 6.07) is 14.1. The van der Waals surface area contributed by atoms with Crippen LogP contribution in [0.25, 0.3) is 0 Å². The summed E-state index contributed by atoms with van der Waals surface area (Å²) in [5.74, 6) is -0.549. The smallest absolute Gasteiger partial charge is 0.306 e. The zero-order chi connectivity index (χ0) is 17.8. The molecule has 0 saturated carbocycles. The third-order valence-corrected chi connectivity index (χ3v) is 6.34.